The Morgan fingerprint density at radius 1 is 0.903 bits per heavy atom. The summed E-state index contributed by atoms with van der Waals surface area (Å²) in [4.78, 5) is 6.86. The summed E-state index contributed by atoms with van der Waals surface area (Å²) < 4.78 is 2.16. The Balaban J connectivity index is 1.58. The molecule has 4 aromatic rings. The smallest absolute Gasteiger partial charge is 0.174 e. The number of aromatic nitrogens is 2. The van der Waals surface area contributed by atoms with Crippen molar-refractivity contribution in [1.82, 2.24) is 14.9 Å². The highest BCUT2D eigenvalue weighted by atomic mass is 32.1. The molecule has 3 heterocycles. The van der Waals surface area contributed by atoms with Crippen molar-refractivity contribution in [3.63, 3.8) is 0 Å². The van der Waals surface area contributed by atoms with Crippen molar-refractivity contribution in [2.24, 2.45) is 0 Å². The van der Waals surface area contributed by atoms with Crippen LogP contribution in [0.3, 0.4) is 0 Å². The molecule has 0 aliphatic carbocycles. The van der Waals surface area contributed by atoms with E-state index in [1.165, 1.54) is 11.1 Å². The number of aryl methyl sites for hydroxylation is 1. The summed E-state index contributed by atoms with van der Waals surface area (Å²) in [6, 6.07) is 27.2. The fourth-order valence-electron chi connectivity index (χ4n) is 4.21. The molecule has 0 radical (unpaired) electrons. The van der Waals surface area contributed by atoms with E-state index in [-0.39, 0.29) is 12.1 Å². The van der Waals surface area contributed by atoms with Crippen LogP contribution >= 0.6 is 12.2 Å². The molecule has 0 spiro atoms. The molecule has 0 amide bonds. The number of nitrogens with zero attached hydrogens (tertiary/aromatic N) is 3. The van der Waals surface area contributed by atoms with Crippen LogP contribution < -0.4 is 10.2 Å². The first-order valence-electron chi connectivity index (χ1n) is 10.6. The average molecular weight is 425 g/mol. The molecule has 2 aromatic heterocycles. The molecule has 5 heteroatoms. The van der Waals surface area contributed by atoms with Crippen molar-refractivity contribution in [3.8, 4) is 5.69 Å². The molecule has 0 saturated carbocycles. The second kappa shape index (κ2) is 8.36. The summed E-state index contributed by atoms with van der Waals surface area (Å²) in [5.74, 6) is 0. The third kappa shape index (κ3) is 3.73. The van der Waals surface area contributed by atoms with Gasteiger partial charge in [0, 0.05) is 30.0 Å². The maximum absolute atomic E-state index is 5.82. The van der Waals surface area contributed by atoms with Gasteiger partial charge in [0.2, 0.25) is 0 Å². The van der Waals surface area contributed by atoms with Crippen molar-refractivity contribution in [1.29, 1.82) is 0 Å². The number of rotatable bonds is 5. The Bertz CT molecular complexity index is 1170. The Hall–Kier alpha value is -3.44. The molecule has 5 rings (SSSR count). The lowest BCUT2D eigenvalue weighted by molar-refractivity contribution is 0.568. The number of anilines is 1. The fourth-order valence-corrected chi connectivity index (χ4v) is 4.56. The van der Waals surface area contributed by atoms with E-state index in [1.807, 2.05) is 24.4 Å². The maximum atomic E-state index is 5.82. The van der Waals surface area contributed by atoms with Crippen molar-refractivity contribution in [2.45, 2.75) is 25.4 Å². The molecule has 1 aliphatic rings. The van der Waals surface area contributed by atoms with Crippen LogP contribution in [0.4, 0.5) is 5.69 Å². The molecular weight excluding hydrogens is 400 g/mol. The van der Waals surface area contributed by atoms with E-state index in [9.17, 15) is 0 Å². The van der Waals surface area contributed by atoms with Crippen LogP contribution in [-0.4, -0.2) is 14.7 Å². The summed E-state index contributed by atoms with van der Waals surface area (Å²) in [5, 5.41) is 4.25. The van der Waals surface area contributed by atoms with Crippen LogP contribution in [0.2, 0.25) is 0 Å². The molecule has 1 aliphatic heterocycles. The van der Waals surface area contributed by atoms with Gasteiger partial charge >= 0.3 is 0 Å². The molecule has 31 heavy (non-hydrogen) atoms. The molecule has 1 fully saturated rings. The highest BCUT2D eigenvalue weighted by Crippen LogP contribution is 2.41. The van der Waals surface area contributed by atoms with Gasteiger partial charge < -0.3 is 14.8 Å². The maximum Gasteiger partial charge on any atom is 0.174 e. The molecule has 1 N–H and O–H groups in total. The molecule has 154 valence electrons. The van der Waals surface area contributed by atoms with Crippen molar-refractivity contribution >= 4 is 23.0 Å². The van der Waals surface area contributed by atoms with Crippen molar-refractivity contribution in [2.75, 3.05) is 4.90 Å². The molecule has 2 aromatic carbocycles. The minimum atomic E-state index is -0.0359. The molecule has 2 atom stereocenters. The monoisotopic (exact) mass is 424 g/mol. The van der Waals surface area contributed by atoms with E-state index in [0.717, 1.165) is 28.6 Å². The number of hydrogen-bond donors (Lipinski definition) is 1. The van der Waals surface area contributed by atoms with Crippen LogP contribution in [0.15, 0.2) is 97.5 Å². The quantitative estimate of drug-likeness (QED) is 0.422. The zero-order valence-corrected chi connectivity index (χ0v) is 18.2. The fraction of sp³-hybridized carbons (Fsp3) is 0.154. The number of nitrogens with one attached hydrogen (secondary N) is 1. The first-order chi connectivity index (χ1) is 15.2. The van der Waals surface area contributed by atoms with Gasteiger partial charge in [0.1, 0.15) is 0 Å². The van der Waals surface area contributed by atoms with Gasteiger partial charge in [-0.1, -0.05) is 43.3 Å². The van der Waals surface area contributed by atoms with E-state index in [2.05, 4.69) is 99.7 Å². The normalized spacial score (nSPS) is 18.2. The summed E-state index contributed by atoms with van der Waals surface area (Å²) >= 11 is 5.82. The number of benzene rings is 2. The van der Waals surface area contributed by atoms with Gasteiger partial charge in [-0.3, -0.25) is 4.98 Å². The summed E-state index contributed by atoms with van der Waals surface area (Å²) in [5.41, 5.74) is 5.71. The number of thiocarbonyl (C=S) groups is 1. The second-order valence-electron chi connectivity index (χ2n) is 7.70. The first kappa shape index (κ1) is 19.5. The number of hydrogen-bond acceptors (Lipinski definition) is 2. The van der Waals surface area contributed by atoms with Gasteiger partial charge in [-0.25, -0.2) is 0 Å². The zero-order valence-electron chi connectivity index (χ0n) is 17.3. The lowest BCUT2D eigenvalue weighted by Gasteiger charge is -2.27. The van der Waals surface area contributed by atoms with Gasteiger partial charge in [0.25, 0.3) is 0 Å². The second-order valence-corrected chi connectivity index (χ2v) is 8.09. The minimum Gasteiger partial charge on any atom is -0.351 e. The van der Waals surface area contributed by atoms with Crippen LogP contribution in [-0.2, 0) is 6.42 Å². The van der Waals surface area contributed by atoms with Gasteiger partial charge in [0.05, 0.1) is 17.8 Å². The van der Waals surface area contributed by atoms with Crippen LogP contribution in [0.5, 0.6) is 0 Å². The predicted molar refractivity (Wildman–Crippen MR) is 130 cm³/mol. The average Bonchev–Trinajstić information content (AvgIpc) is 3.45. The highest BCUT2D eigenvalue weighted by Gasteiger charge is 2.41. The third-order valence-corrected chi connectivity index (χ3v) is 6.15. The van der Waals surface area contributed by atoms with E-state index in [1.54, 1.807) is 0 Å². The third-order valence-electron chi connectivity index (χ3n) is 5.83. The molecule has 1 saturated heterocycles. The minimum absolute atomic E-state index is 0.000149. The first-order valence-corrected chi connectivity index (χ1v) is 11.0. The Morgan fingerprint density at radius 2 is 1.68 bits per heavy atom. The molecule has 0 unspecified atom stereocenters. The highest BCUT2D eigenvalue weighted by molar-refractivity contribution is 7.80. The van der Waals surface area contributed by atoms with Gasteiger partial charge in [-0.05, 0) is 72.2 Å². The number of para-hydroxylation sites is 1. The molecule has 4 nitrogen and oxygen atoms in total. The van der Waals surface area contributed by atoms with Gasteiger partial charge in [-0.2, -0.15) is 0 Å². The zero-order chi connectivity index (χ0) is 21.2. The van der Waals surface area contributed by atoms with E-state index in [0.29, 0.717) is 0 Å². The van der Waals surface area contributed by atoms with E-state index in [4.69, 9.17) is 12.2 Å². The SMILES string of the molecule is CCc1ccc(N2C(=S)N[C@H](c3ccccn3)[C@H]2c2ccn(-c3ccccc3)c2)cc1. The summed E-state index contributed by atoms with van der Waals surface area (Å²) in [6.45, 7) is 2.17. The van der Waals surface area contributed by atoms with Gasteiger partial charge in [0.15, 0.2) is 5.11 Å². The van der Waals surface area contributed by atoms with E-state index < -0.39 is 0 Å². The van der Waals surface area contributed by atoms with Crippen molar-refractivity contribution < 1.29 is 0 Å². The molecular formula is C26H24N4S. The topological polar surface area (TPSA) is 33.1 Å². The molecule has 0 bridgehead atoms. The van der Waals surface area contributed by atoms with E-state index >= 15 is 0 Å². The summed E-state index contributed by atoms with van der Waals surface area (Å²) in [6.07, 6.45) is 7.16. The largest absolute Gasteiger partial charge is 0.351 e. The Labute approximate surface area is 188 Å². The predicted octanol–water partition coefficient (Wildman–Crippen LogP) is 5.61. The van der Waals surface area contributed by atoms with Crippen molar-refractivity contribution in [3.05, 3.63) is 114 Å². The lowest BCUT2D eigenvalue weighted by atomic mass is 9.98. The Morgan fingerprint density at radius 3 is 2.39 bits per heavy atom. The van der Waals surface area contributed by atoms with Crippen LogP contribution in [0.25, 0.3) is 5.69 Å². The van der Waals surface area contributed by atoms with Gasteiger partial charge in [-0.15, -0.1) is 0 Å². The van der Waals surface area contributed by atoms with Crippen LogP contribution in [0.1, 0.15) is 35.8 Å². The lowest BCUT2D eigenvalue weighted by Crippen LogP contribution is -2.29. The van der Waals surface area contributed by atoms with Crippen LogP contribution in [0, 0.1) is 0 Å². The Kier molecular flexibility index (Phi) is 5.26. The summed E-state index contributed by atoms with van der Waals surface area (Å²) in [7, 11) is 0. The standard InChI is InChI=1S/C26H24N4S/c1-2-19-11-13-22(14-12-19)30-25(24(28-26(30)31)23-10-6-7-16-27-23)20-15-17-29(18-20)21-8-4-3-5-9-21/h3-18,24-25H,2H2,1H3,(H,28,31)/t24-,25-/m1/s1. The number of pyridine rings is 1.